The number of rotatable bonds is 4. The number of benzene rings is 1. The van der Waals surface area contributed by atoms with Crippen LogP contribution >= 0.6 is 0 Å². The minimum absolute atomic E-state index is 0.532. The summed E-state index contributed by atoms with van der Waals surface area (Å²) >= 11 is 0. The van der Waals surface area contributed by atoms with E-state index in [0.29, 0.717) is 0 Å². The fourth-order valence-electron chi connectivity index (χ4n) is 4.47. The van der Waals surface area contributed by atoms with Crippen molar-refractivity contribution in [2.75, 3.05) is 0 Å². The van der Waals surface area contributed by atoms with Gasteiger partial charge in [0, 0.05) is 11.1 Å². The lowest BCUT2D eigenvalue weighted by atomic mass is 9.63. The Hall–Kier alpha value is -3.28. The minimum atomic E-state index is -0.532. The third kappa shape index (κ3) is 7.62. The first-order valence-electron chi connectivity index (χ1n) is 14.5. The molecule has 1 unspecified atom stereocenters. The summed E-state index contributed by atoms with van der Waals surface area (Å²) in [5.41, 5.74) is 9.03. The van der Waals surface area contributed by atoms with Gasteiger partial charge in [0.05, 0.1) is 5.41 Å². The molecule has 0 saturated carbocycles. The lowest BCUT2D eigenvalue weighted by molar-refractivity contribution is 0.387. The van der Waals surface area contributed by atoms with E-state index in [1.54, 1.807) is 0 Å². The summed E-state index contributed by atoms with van der Waals surface area (Å²) in [5, 5.41) is 0. The van der Waals surface area contributed by atoms with Crippen LogP contribution in [0.3, 0.4) is 0 Å². The van der Waals surface area contributed by atoms with Gasteiger partial charge >= 0.3 is 0 Å². The van der Waals surface area contributed by atoms with Crippen molar-refractivity contribution in [3.8, 4) is 5.75 Å². The predicted octanol–water partition coefficient (Wildman–Crippen LogP) is 12.2. The van der Waals surface area contributed by atoms with Crippen LogP contribution in [-0.4, -0.2) is 0 Å². The summed E-state index contributed by atoms with van der Waals surface area (Å²) in [6.07, 6.45) is 14.2. The van der Waals surface area contributed by atoms with Gasteiger partial charge in [-0.2, -0.15) is 0 Å². The number of para-hydroxylation sites is 1. The first-order chi connectivity index (χ1) is 18.6. The van der Waals surface area contributed by atoms with E-state index in [1.807, 2.05) is 120 Å². The zero-order valence-corrected chi connectivity index (χ0v) is 26.9. The average molecular weight is 517 g/mol. The summed E-state index contributed by atoms with van der Waals surface area (Å²) in [6, 6.07) is 8.22. The van der Waals surface area contributed by atoms with Gasteiger partial charge < -0.3 is 4.74 Å². The number of allylic oxidation sites excluding steroid dienone is 12. The molecule has 3 rings (SSSR count). The van der Waals surface area contributed by atoms with Crippen LogP contribution in [0.5, 0.6) is 5.75 Å². The molecule has 1 aliphatic carbocycles. The van der Waals surface area contributed by atoms with Gasteiger partial charge in [0.15, 0.2) is 0 Å². The van der Waals surface area contributed by atoms with Crippen molar-refractivity contribution in [2.45, 2.75) is 95.4 Å². The second-order valence-corrected chi connectivity index (χ2v) is 6.61. The standard InChI is InChI=1S/C27H26O.5C2H6/c1-7-15-22-19(9-3)20(10-4)23(16-8-2)27(22)21(11-5)25(12-6)28-26-18-14-13-17-24(26)27;5*1-2/h8-18H,1,3-4H2,2,5-6H3;5*1-2H3/b16-8-,21-11+,25-12+;;;;;. The van der Waals surface area contributed by atoms with E-state index in [0.717, 1.165) is 44.9 Å². The summed E-state index contributed by atoms with van der Waals surface area (Å²) in [4.78, 5) is 0. The average Bonchev–Trinajstić information content (AvgIpc) is 3.26. The highest BCUT2D eigenvalue weighted by Gasteiger charge is 2.52. The van der Waals surface area contributed by atoms with Gasteiger partial charge in [0.1, 0.15) is 11.5 Å². The SMILES string of the molecule is C=C=CC1=C(C=C)C(C=C)=C(/C=C\C)C12C(=C/C)/C(=C\C)Oc1ccccc12.CC.CC.CC.CC.CC. The quantitative estimate of drug-likeness (QED) is 0.361. The van der Waals surface area contributed by atoms with Crippen LogP contribution < -0.4 is 4.74 Å². The zero-order chi connectivity index (χ0) is 30.3. The maximum Gasteiger partial charge on any atom is 0.132 e. The van der Waals surface area contributed by atoms with Crippen molar-refractivity contribution in [1.82, 2.24) is 0 Å². The van der Waals surface area contributed by atoms with E-state index in [-0.39, 0.29) is 0 Å². The molecule has 1 heteroatoms. The zero-order valence-electron chi connectivity index (χ0n) is 26.9. The lowest BCUT2D eigenvalue weighted by Gasteiger charge is -2.42. The molecule has 1 nitrogen and oxygen atoms in total. The van der Waals surface area contributed by atoms with Crippen molar-refractivity contribution < 1.29 is 4.74 Å². The Morgan fingerprint density at radius 2 is 1.24 bits per heavy atom. The number of hydrogen-bond donors (Lipinski definition) is 0. The van der Waals surface area contributed by atoms with Crippen molar-refractivity contribution in [1.29, 1.82) is 0 Å². The molecule has 0 amide bonds. The Morgan fingerprint density at radius 3 is 1.66 bits per heavy atom. The highest BCUT2D eigenvalue weighted by molar-refractivity contribution is 5.80. The van der Waals surface area contributed by atoms with Gasteiger partial charge in [-0.15, -0.1) is 5.73 Å². The Labute approximate surface area is 237 Å². The number of ether oxygens (including phenoxy) is 1. The molecule has 2 aliphatic rings. The summed E-state index contributed by atoms with van der Waals surface area (Å²) in [6.45, 7) is 38.2. The summed E-state index contributed by atoms with van der Waals surface area (Å²) in [5.74, 6) is 1.71. The van der Waals surface area contributed by atoms with Crippen LogP contribution in [0.2, 0.25) is 0 Å². The third-order valence-electron chi connectivity index (χ3n) is 5.40. The van der Waals surface area contributed by atoms with E-state index in [1.165, 1.54) is 0 Å². The maximum absolute atomic E-state index is 6.28. The molecule has 0 bridgehead atoms. The highest BCUT2D eigenvalue weighted by Crippen LogP contribution is 2.60. The molecule has 1 heterocycles. The monoisotopic (exact) mass is 516 g/mol. The van der Waals surface area contributed by atoms with Crippen LogP contribution in [0.25, 0.3) is 0 Å². The molecule has 1 spiro atoms. The van der Waals surface area contributed by atoms with Crippen molar-refractivity contribution >= 4 is 0 Å². The molecule has 0 aromatic heterocycles. The summed E-state index contributed by atoms with van der Waals surface area (Å²) < 4.78 is 6.28. The molecular formula is C37H56O. The normalized spacial score (nSPS) is 18.4. The van der Waals surface area contributed by atoms with E-state index < -0.39 is 5.41 Å². The van der Waals surface area contributed by atoms with E-state index in [4.69, 9.17) is 4.74 Å². The fourth-order valence-corrected chi connectivity index (χ4v) is 4.47. The molecule has 38 heavy (non-hydrogen) atoms. The second kappa shape index (κ2) is 22.9. The summed E-state index contributed by atoms with van der Waals surface area (Å²) in [7, 11) is 0. The molecule has 0 N–H and O–H groups in total. The van der Waals surface area contributed by atoms with Gasteiger partial charge in [-0.25, -0.2) is 0 Å². The molecule has 1 atom stereocenters. The van der Waals surface area contributed by atoms with Crippen LogP contribution in [0, 0.1) is 0 Å². The minimum Gasteiger partial charge on any atom is -0.457 e. The van der Waals surface area contributed by atoms with Gasteiger partial charge in [0.25, 0.3) is 0 Å². The number of fused-ring (bicyclic) bond motifs is 2. The first kappa shape index (κ1) is 39.2. The Bertz CT molecular complexity index is 1050. The lowest BCUT2D eigenvalue weighted by Crippen LogP contribution is -2.36. The molecule has 210 valence electrons. The Morgan fingerprint density at radius 1 is 0.737 bits per heavy atom. The van der Waals surface area contributed by atoms with Gasteiger partial charge in [-0.3, -0.25) is 0 Å². The first-order valence-corrected chi connectivity index (χ1v) is 14.5. The van der Waals surface area contributed by atoms with Crippen LogP contribution in [0.4, 0.5) is 0 Å². The third-order valence-corrected chi connectivity index (χ3v) is 5.40. The van der Waals surface area contributed by atoms with Crippen molar-refractivity contribution in [3.63, 3.8) is 0 Å². The topological polar surface area (TPSA) is 9.23 Å². The molecule has 1 aliphatic heterocycles. The second-order valence-electron chi connectivity index (χ2n) is 6.61. The Balaban J connectivity index is -0.00000110. The smallest absolute Gasteiger partial charge is 0.132 e. The van der Waals surface area contributed by atoms with E-state index in [2.05, 4.69) is 62.8 Å². The largest absolute Gasteiger partial charge is 0.457 e. The molecule has 0 radical (unpaired) electrons. The van der Waals surface area contributed by atoms with Crippen LogP contribution in [0.15, 0.2) is 126 Å². The predicted molar refractivity (Wildman–Crippen MR) is 176 cm³/mol. The maximum atomic E-state index is 6.28. The number of hydrogen-bond acceptors (Lipinski definition) is 1. The van der Waals surface area contributed by atoms with Gasteiger partial charge in [-0.05, 0) is 61.3 Å². The Kier molecular flexibility index (Phi) is 23.6. The van der Waals surface area contributed by atoms with Crippen LogP contribution in [0.1, 0.15) is 95.6 Å². The fraction of sp³-hybridized carbons (Fsp3) is 0.378. The molecule has 1 aromatic carbocycles. The van der Waals surface area contributed by atoms with E-state index in [9.17, 15) is 0 Å². The van der Waals surface area contributed by atoms with Crippen molar-refractivity contribution in [3.05, 3.63) is 131 Å². The molecule has 0 saturated heterocycles. The van der Waals surface area contributed by atoms with Gasteiger partial charge in [0.2, 0.25) is 0 Å². The van der Waals surface area contributed by atoms with Crippen molar-refractivity contribution in [2.24, 2.45) is 0 Å². The van der Waals surface area contributed by atoms with E-state index >= 15 is 0 Å². The highest BCUT2D eigenvalue weighted by atomic mass is 16.5. The molecule has 1 aromatic rings. The van der Waals surface area contributed by atoms with Gasteiger partial charge in [-0.1, -0.05) is 138 Å². The molecular weight excluding hydrogens is 460 g/mol. The van der Waals surface area contributed by atoms with Crippen LogP contribution in [-0.2, 0) is 5.41 Å². The molecule has 0 fully saturated rings.